The molecule has 1 aliphatic heterocycles. The number of nitrogens with zero attached hydrogens (tertiary/aromatic N) is 2. The van der Waals surface area contributed by atoms with E-state index in [1.807, 2.05) is 20.8 Å². The zero-order valence-corrected chi connectivity index (χ0v) is 15.8. The molecule has 0 spiro atoms. The average Bonchev–Trinajstić information content (AvgIpc) is 3.36. The number of guanidine groups is 1. The van der Waals surface area contributed by atoms with Crippen molar-refractivity contribution < 1.29 is 4.79 Å². The molecule has 1 heterocycles. The molecule has 0 bridgehead atoms. The highest BCUT2D eigenvalue weighted by Gasteiger charge is 2.31. The van der Waals surface area contributed by atoms with Gasteiger partial charge in [0.15, 0.2) is 5.96 Å². The van der Waals surface area contributed by atoms with Crippen LogP contribution in [0.2, 0.25) is 0 Å². The average molecular weight is 338 g/mol. The van der Waals surface area contributed by atoms with Gasteiger partial charge in [-0.1, -0.05) is 20.8 Å². The lowest BCUT2D eigenvalue weighted by atomic mass is 9.96. The van der Waals surface area contributed by atoms with Crippen LogP contribution in [0.4, 0.5) is 0 Å². The smallest absolute Gasteiger partial charge is 0.225 e. The van der Waals surface area contributed by atoms with Crippen LogP contribution in [0.1, 0.15) is 53.4 Å². The Morgan fingerprint density at radius 3 is 2.33 bits per heavy atom. The topological polar surface area (TPSA) is 68.8 Å². The Balaban J connectivity index is 1.71. The van der Waals surface area contributed by atoms with E-state index >= 15 is 0 Å². The van der Waals surface area contributed by atoms with Gasteiger partial charge in [-0.25, -0.2) is 0 Å². The molecule has 0 aromatic rings. The third kappa shape index (κ3) is 6.30. The van der Waals surface area contributed by atoms with Crippen molar-refractivity contribution in [3.8, 4) is 0 Å². The lowest BCUT2D eigenvalue weighted by Gasteiger charge is -2.33. The summed E-state index contributed by atoms with van der Waals surface area (Å²) in [5.74, 6) is 0.940. The summed E-state index contributed by atoms with van der Waals surface area (Å²) >= 11 is 0. The van der Waals surface area contributed by atoms with Crippen LogP contribution in [0.3, 0.4) is 0 Å². The minimum atomic E-state index is -0.345. The number of carbonyl (C=O) groups is 1. The molecule has 2 fully saturated rings. The molecule has 2 rings (SSSR count). The molecule has 0 unspecified atom stereocenters. The molecule has 1 saturated heterocycles. The van der Waals surface area contributed by atoms with Gasteiger partial charge < -0.3 is 20.9 Å². The molecular formula is C18H35N5O. The van der Waals surface area contributed by atoms with E-state index in [0.717, 1.165) is 18.5 Å². The van der Waals surface area contributed by atoms with Crippen LogP contribution in [-0.2, 0) is 4.79 Å². The van der Waals surface area contributed by atoms with E-state index in [1.54, 1.807) is 0 Å². The largest absolute Gasteiger partial charge is 0.357 e. The lowest BCUT2D eigenvalue weighted by molar-refractivity contribution is -0.128. The number of hydrogen-bond acceptors (Lipinski definition) is 3. The minimum absolute atomic E-state index is 0.0723. The van der Waals surface area contributed by atoms with E-state index in [-0.39, 0.29) is 11.3 Å². The maximum Gasteiger partial charge on any atom is 0.225 e. The van der Waals surface area contributed by atoms with Gasteiger partial charge in [-0.2, -0.15) is 0 Å². The monoisotopic (exact) mass is 337 g/mol. The Hall–Kier alpha value is -1.30. The first-order chi connectivity index (χ1) is 11.4. The summed E-state index contributed by atoms with van der Waals surface area (Å²) in [6, 6.07) is 1.38. The standard InChI is InChI=1S/C18H35N5O/c1-5-19-17(21-11-10-20-16(24)18(2,3)4)22-14-8-12-23(13-9-14)15-6-7-15/h14-15H,5-13H2,1-4H3,(H,20,24)(H2,19,21,22). The zero-order valence-electron chi connectivity index (χ0n) is 15.8. The fraction of sp³-hybridized carbons (Fsp3) is 0.889. The van der Waals surface area contributed by atoms with Crippen molar-refractivity contribution in [3.63, 3.8) is 0 Å². The molecule has 2 aliphatic rings. The van der Waals surface area contributed by atoms with Crippen molar-refractivity contribution in [2.24, 2.45) is 10.4 Å². The quantitative estimate of drug-likeness (QED) is 0.389. The Labute approximate surface area is 146 Å². The summed E-state index contributed by atoms with van der Waals surface area (Å²) in [5, 5.41) is 9.80. The Morgan fingerprint density at radius 1 is 1.12 bits per heavy atom. The maximum absolute atomic E-state index is 11.8. The van der Waals surface area contributed by atoms with Crippen LogP contribution in [-0.4, -0.2) is 61.6 Å². The fourth-order valence-corrected chi connectivity index (χ4v) is 2.96. The molecule has 1 aliphatic carbocycles. The second-order valence-corrected chi connectivity index (χ2v) is 7.95. The molecule has 0 aromatic carbocycles. The molecule has 0 radical (unpaired) electrons. The van der Waals surface area contributed by atoms with Crippen molar-refractivity contribution in [2.75, 3.05) is 32.7 Å². The first-order valence-corrected chi connectivity index (χ1v) is 9.47. The number of amides is 1. The Kier molecular flexibility index (Phi) is 6.90. The lowest BCUT2D eigenvalue weighted by Crippen LogP contribution is -2.49. The summed E-state index contributed by atoms with van der Waals surface area (Å²) in [6.07, 6.45) is 5.15. The van der Waals surface area contributed by atoms with E-state index < -0.39 is 0 Å². The third-order valence-corrected chi connectivity index (χ3v) is 4.63. The summed E-state index contributed by atoms with van der Waals surface area (Å²) < 4.78 is 0. The molecule has 24 heavy (non-hydrogen) atoms. The normalized spacial score (nSPS) is 20.8. The van der Waals surface area contributed by atoms with Gasteiger partial charge in [0.25, 0.3) is 0 Å². The van der Waals surface area contributed by atoms with Gasteiger partial charge in [0, 0.05) is 43.7 Å². The van der Waals surface area contributed by atoms with Crippen LogP contribution in [0.15, 0.2) is 4.99 Å². The predicted octanol–water partition coefficient (Wildman–Crippen LogP) is 1.33. The molecule has 1 amide bonds. The van der Waals surface area contributed by atoms with E-state index in [0.29, 0.717) is 19.1 Å². The Bertz CT molecular complexity index is 431. The van der Waals surface area contributed by atoms with Gasteiger partial charge in [0.2, 0.25) is 5.91 Å². The number of hydrogen-bond donors (Lipinski definition) is 3. The number of carbonyl (C=O) groups excluding carboxylic acids is 1. The molecular weight excluding hydrogens is 302 g/mol. The van der Waals surface area contributed by atoms with Crippen molar-refractivity contribution >= 4 is 11.9 Å². The van der Waals surface area contributed by atoms with Gasteiger partial charge in [-0.05, 0) is 32.6 Å². The molecule has 3 N–H and O–H groups in total. The molecule has 6 nitrogen and oxygen atoms in total. The second-order valence-electron chi connectivity index (χ2n) is 7.95. The van der Waals surface area contributed by atoms with Gasteiger partial charge >= 0.3 is 0 Å². The first-order valence-electron chi connectivity index (χ1n) is 9.47. The molecule has 1 saturated carbocycles. The number of nitrogens with one attached hydrogen (secondary N) is 3. The Morgan fingerprint density at radius 2 is 1.79 bits per heavy atom. The summed E-state index contributed by atoms with van der Waals surface area (Å²) in [6.45, 7) is 12.3. The van der Waals surface area contributed by atoms with E-state index in [9.17, 15) is 4.79 Å². The highest BCUT2D eigenvalue weighted by molar-refractivity contribution is 5.81. The SMILES string of the molecule is CCNC(=NCCNC(=O)C(C)(C)C)NC1CCN(C2CC2)CC1. The number of likely N-dealkylation sites (tertiary alicyclic amines) is 1. The summed E-state index contributed by atoms with van der Waals surface area (Å²) in [4.78, 5) is 19.1. The summed E-state index contributed by atoms with van der Waals surface area (Å²) in [5.41, 5.74) is -0.345. The number of rotatable bonds is 6. The first kappa shape index (κ1) is 19.0. The summed E-state index contributed by atoms with van der Waals surface area (Å²) in [7, 11) is 0. The molecule has 6 heteroatoms. The zero-order chi connectivity index (χ0) is 17.6. The molecule has 0 aromatic heterocycles. The van der Waals surface area contributed by atoms with E-state index in [2.05, 4.69) is 32.8 Å². The van der Waals surface area contributed by atoms with Gasteiger partial charge in [-0.3, -0.25) is 9.79 Å². The van der Waals surface area contributed by atoms with Crippen molar-refractivity contribution in [3.05, 3.63) is 0 Å². The van der Waals surface area contributed by atoms with Crippen LogP contribution >= 0.6 is 0 Å². The number of aliphatic imine (C=N–C) groups is 1. The van der Waals surface area contributed by atoms with Crippen LogP contribution in [0.5, 0.6) is 0 Å². The van der Waals surface area contributed by atoms with Crippen molar-refractivity contribution in [2.45, 2.75) is 65.5 Å². The maximum atomic E-state index is 11.8. The van der Waals surface area contributed by atoms with Gasteiger partial charge in [0.1, 0.15) is 0 Å². The second kappa shape index (κ2) is 8.70. The van der Waals surface area contributed by atoms with Gasteiger partial charge in [-0.15, -0.1) is 0 Å². The van der Waals surface area contributed by atoms with Crippen LogP contribution in [0.25, 0.3) is 0 Å². The predicted molar refractivity (Wildman–Crippen MR) is 99.2 cm³/mol. The molecule has 0 atom stereocenters. The van der Waals surface area contributed by atoms with Crippen LogP contribution < -0.4 is 16.0 Å². The van der Waals surface area contributed by atoms with E-state index in [4.69, 9.17) is 0 Å². The fourth-order valence-electron chi connectivity index (χ4n) is 2.96. The minimum Gasteiger partial charge on any atom is -0.357 e. The van der Waals surface area contributed by atoms with Gasteiger partial charge in [0.05, 0.1) is 6.54 Å². The van der Waals surface area contributed by atoms with Crippen molar-refractivity contribution in [1.29, 1.82) is 0 Å². The highest BCUT2D eigenvalue weighted by atomic mass is 16.2. The number of piperidine rings is 1. The van der Waals surface area contributed by atoms with Crippen molar-refractivity contribution in [1.82, 2.24) is 20.9 Å². The van der Waals surface area contributed by atoms with Crippen LogP contribution in [0, 0.1) is 5.41 Å². The third-order valence-electron chi connectivity index (χ3n) is 4.63. The molecule has 138 valence electrons. The highest BCUT2D eigenvalue weighted by Crippen LogP contribution is 2.29. The van der Waals surface area contributed by atoms with E-state index in [1.165, 1.54) is 38.8 Å².